The van der Waals surface area contributed by atoms with Crippen LogP contribution in [0.4, 0.5) is 0 Å². The molecule has 55 valence electrons. The van der Waals surface area contributed by atoms with E-state index in [-0.39, 0.29) is 5.57 Å². The topological polar surface area (TPSA) is 46.5 Å². The lowest BCUT2D eigenvalue weighted by Crippen LogP contribution is -2.08. The second kappa shape index (κ2) is 3.85. The largest absolute Gasteiger partial charge is 0.418 e. The van der Waals surface area contributed by atoms with Gasteiger partial charge in [0.15, 0.2) is 0 Å². The smallest absolute Gasteiger partial charge is 0.336 e. The highest BCUT2D eigenvalue weighted by Gasteiger charge is 2.08. The molecular formula is C7H9O3. The van der Waals surface area contributed by atoms with Crippen LogP contribution in [0.25, 0.3) is 0 Å². The van der Waals surface area contributed by atoms with Crippen molar-refractivity contribution in [1.82, 2.24) is 0 Å². The highest BCUT2D eigenvalue weighted by atomic mass is 16.6. The number of aliphatic hydroxyl groups excluding tert-OH is 1. The van der Waals surface area contributed by atoms with Crippen molar-refractivity contribution in [2.45, 2.75) is 6.92 Å². The minimum atomic E-state index is -0.655. The first kappa shape index (κ1) is 8.91. The van der Waals surface area contributed by atoms with Gasteiger partial charge in [0.05, 0.1) is 0 Å². The summed E-state index contributed by atoms with van der Waals surface area (Å²) in [6.45, 7) is 7.97. The molecule has 3 heteroatoms. The van der Waals surface area contributed by atoms with E-state index in [1.807, 2.05) is 0 Å². The van der Waals surface area contributed by atoms with Gasteiger partial charge >= 0.3 is 12.3 Å². The number of rotatable bonds is 3. The Balaban J connectivity index is 3.79. The van der Waals surface area contributed by atoms with Crippen molar-refractivity contribution >= 4 is 5.97 Å². The van der Waals surface area contributed by atoms with Crippen LogP contribution in [0.2, 0.25) is 0 Å². The van der Waals surface area contributed by atoms with Gasteiger partial charge in [-0.25, -0.2) is 4.79 Å². The number of ether oxygens (including phenoxy) is 1. The standard InChI is InChI=1S/C7H9O3/c1-4-6(8)10-7(9)5(2)3/h4,8H,1-2H2,3H3. The van der Waals surface area contributed by atoms with E-state index in [0.717, 1.165) is 6.08 Å². The molecule has 0 aromatic heterocycles. The van der Waals surface area contributed by atoms with Crippen LogP contribution in [0.5, 0.6) is 0 Å². The highest BCUT2D eigenvalue weighted by molar-refractivity contribution is 5.87. The van der Waals surface area contributed by atoms with Crippen molar-refractivity contribution in [1.29, 1.82) is 0 Å². The second-order valence-electron chi connectivity index (χ2n) is 1.71. The van der Waals surface area contributed by atoms with E-state index in [1.54, 1.807) is 0 Å². The van der Waals surface area contributed by atoms with E-state index in [2.05, 4.69) is 17.9 Å². The fraction of sp³-hybridized carbons (Fsp3) is 0.143. The van der Waals surface area contributed by atoms with Crippen molar-refractivity contribution < 1.29 is 14.6 Å². The summed E-state index contributed by atoms with van der Waals surface area (Å²) in [5.74, 6) is -0.655. The van der Waals surface area contributed by atoms with Crippen LogP contribution in [-0.4, -0.2) is 11.1 Å². The van der Waals surface area contributed by atoms with Gasteiger partial charge in [-0.1, -0.05) is 13.2 Å². The summed E-state index contributed by atoms with van der Waals surface area (Å²) < 4.78 is 4.28. The Bertz CT molecular complexity index is 160. The second-order valence-corrected chi connectivity index (χ2v) is 1.71. The number of esters is 1. The van der Waals surface area contributed by atoms with Gasteiger partial charge in [-0.3, -0.25) is 0 Å². The van der Waals surface area contributed by atoms with Crippen LogP contribution in [-0.2, 0) is 9.53 Å². The van der Waals surface area contributed by atoms with Gasteiger partial charge in [0.2, 0.25) is 0 Å². The molecule has 0 aliphatic heterocycles. The van der Waals surface area contributed by atoms with Crippen LogP contribution in [0, 0.1) is 6.29 Å². The molecule has 1 N–H and O–H groups in total. The molecule has 0 heterocycles. The fourth-order valence-corrected chi connectivity index (χ4v) is 0.224. The fourth-order valence-electron chi connectivity index (χ4n) is 0.224. The van der Waals surface area contributed by atoms with Crippen molar-refractivity contribution in [2.75, 3.05) is 0 Å². The number of aliphatic hydroxyl groups is 1. The first-order valence-corrected chi connectivity index (χ1v) is 2.64. The maximum Gasteiger partial charge on any atom is 0.336 e. The van der Waals surface area contributed by atoms with Crippen molar-refractivity contribution in [3.63, 3.8) is 0 Å². The molecule has 0 spiro atoms. The molecule has 0 fully saturated rings. The van der Waals surface area contributed by atoms with Crippen LogP contribution in [0.1, 0.15) is 6.92 Å². The molecule has 0 saturated heterocycles. The van der Waals surface area contributed by atoms with Crippen LogP contribution < -0.4 is 0 Å². The van der Waals surface area contributed by atoms with Gasteiger partial charge in [0.25, 0.3) is 0 Å². The molecule has 0 bridgehead atoms. The summed E-state index contributed by atoms with van der Waals surface area (Å²) in [6, 6.07) is 0. The van der Waals surface area contributed by atoms with E-state index in [4.69, 9.17) is 5.11 Å². The minimum absolute atomic E-state index is 0.230. The zero-order valence-corrected chi connectivity index (χ0v) is 5.76. The predicted octanol–water partition coefficient (Wildman–Crippen LogP) is 1.15. The third kappa shape index (κ3) is 3.04. The number of carbonyl (C=O) groups is 1. The molecule has 0 amide bonds. The molecule has 0 saturated carbocycles. The Morgan fingerprint density at radius 2 is 2.20 bits per heavy atom. The van der Waals surface area contributed by atoms with E-state index >= 15 is 0 Å². The van der Waals surface area contributed by atoms with Gasteiger partial charge in [-0.2, -0.15) is 0 Å². The number of hydrogen-bond donors (Lipinski definition) is 1. The van der Waals surface area contributed by atoms with Crippen molar-refractivity contribution in [3.05, 3.63) is 31.1 Å². The maximum atomic E-state index is 10.6. The third-order valence-electron chi connectivity index (χ3n) is 0.720. The molecule has 0 atom stereocenters. The van der Waals surface area contributed by atoms with E-state index in [0.29, 0.717) is 0 Å². The van der Waals surface area contributed by atoms with Gasteiger partial charge in [-0.05, 0) is 13.0 Å². The summed E-state index contributed by atoms with van der Waals surface area (Å²) in [5, 5.41) is 8.59. The van der Waals surface area contributed by atoms with E-state index < -0.39 is 12.3 Å². The normalized spacial score (nSPS) is 9.10. The summed E-state index contributed by atoms with van der Waals surface area (Å²) in [6.07, 6.45) is 0.522. The lowest BCUT2D eigenvalue weighted by atomic mass is 10.4. The van der Waals surface area contributed by atoms with E-state index in [1.165, 1.54) is 6.92 Å². The predicted molar refractivity (Wildman–Crippen MR) is 36.3 cm³/mol. The average molecular weight is 141 g/mol. The zero-order valence-electron chi connectivity index (χ0n) is 5.76. The zero-order chi connectivity index (χ0) is 8.15. The summed E-state index contributed by atoms with van der Waals surface area (Å²) in [7, 11) is 0. The molecule has 0 aromatic carbocycles. The average Bonchev–Trinajstić information content (AvgIpc) is 1.87. The molecule has 10 heavy (non-hydrogen) atoms. The summed E-state index contributed by atoms with van der Waals surface area (Å²) in [4.78, 5) is 10.6. The SMILES string of the molecule is C=C[C](O)OC(=O)C(=C)C. The van der Waals surface area contributed by atoms with E-state index in [9.17, 15) is 4.79 Å². The van der Waals surface area contributed by atoms with Gasteiger partial charge in [0.1, 0.15) is 0 Å². The molecule has 3 nitrogen and oxygen atoms in total. The number of carbonyl (C=O) groups excluding carboxylic acids is 1. The van der Waals surface area contributed by atoms with Gasteiger partial charge in [0, 0.05) is 5.57 Å². The molecule has 0 unspecified atom stereocenters. The van der Waals surface area contributed by atoms with Crippen molar-refractivity contribution in [2.24, 2.45) is 0 Å². The quantitative estimate of drug-likeness (QED) is 0.473. The Morgan fingerprint density at radius 3 is 2.50 bits per heavy atom. The Labute approximate surface area is 59.6 Å². The van der Waals surface area contributed by atoms with Crippen LogP contribution in [0.15, 0.2) is 24.8 Å². The minimum Gasteiger partial charge on any atom is -0.418 e. The lowest BCUT2D eigenvalue weighted by Gasteiger charge is -2.03. The van der Waals surface area contributed by atoms with Crippen LogP contribution in [0.3, 0.4) is 0 Å². The van der Waals surface area contributed by atoms with Crippen molar-refractivity contribution in [3.8, 4) is 0 Å². The maximum absolute atomic E-state index is 10.6. The number of hydrogen-bond acceptors (Lipinski definition) is 3. The Hall–Kier alpha value is -1.09. The highest BCUT2D eigenvalue weighted by Crippen LogP contribution is 2.01. The summed E-state index contributed by atoms with van der Waals surface area (Å²) in [5.41, 5.74) is 0.230. The van der Waals surface area contributed by atoms with Crippen LogP contribution >= 0.6 is 0 Å². The monoisotopic (exact) mass is 141 g/mol. The molecule has 1 radical (unpaired) electrons. The van der Waals surface area contributed by atoms with Gasteiger partial charge < -0.3 is 9.84 Å². The van der Waals surface area contributed by atoms with Gasteiger partial charge in [-0.15, -0.1) is 0 Å². The summed E-state index contributed by atoms with van der Waals surface area (Å²) >= 11 is 0. The third-order valence-corrected chi connectivity index (χ3v) is 0.720. The molecule has 0 aromatic rings. The Kier molecular flexibility index (Phi) is 3.43. The first-order valence-electron chi connectivity index (χ1n) is 2.64. The Morgan fingerprint density at radius 1 is 1.70 bits per heavy atom. The molecule has 0 rings (SSSR count). The molecule has 0 aliphatic rings. The molecule has 0 aliphatic carbocycles. The first-order chi connectivity index (χ1) is 4.57. The lowest BCUT2D eigenvalue weighted by molar-refractivity contribution is -0.143. The molecular weight excluding hydrogens is 132 g/mol.